The van der Waals surface area contributed by atoms with Gasteiger partial charge in [-0.25, -0.2) is 9.97 Å². The summed E-state index contributed by atoms with van der Waals surface area (Å²) in [7, 11) is 0. The fourth-order valence-electron chi connectivity index (χ4n) is 2.74. The summed E-state index contributed by atoms with van der Waals surface area (Å²) in [6.07, 6.45) is 6.07. The molecule has 0 bridgehead atoms. The third-order valence-electron chi connectivity index (χ3n) is 4.24. The van der Waals surface area contributed by atoms with Gasteiger partial charge in [0.05, 0.1) is 12.1 Å². The van der Waals surface area contributed by atoms with Gasteiger partial charge in [0.1, 0.15) is 16.6 Å². The number of rotatable bonds is 7. The number of aromatic nitrogens is 4. The van der Waals surface area contributed by atoms with Gasteiger partial charge in [-0.15, -0.1) is 11.3 Å². The maximum atomic E-state index is 12.4. The summed E-state index contributed by atoms with van der Waals surface area (Å²) < 4.78 is 0. The molecule has 3 heterocycles. The number of pyridine rings is 1. The van der Waals surface area contributed by atoms with Crippen LogP contribution >= 0.6 is 11.3 Å². The van der Waals surface area contributed by atoms with E-state index in [4.69, 9.17) is 5.73 Å². The van der Waals surface area contributed by atoms with E-state index in [0.717, 1.165) is 34.8 Å². The molecule has 0 aliphatic heterocycles. The van der Waals surface area contributed by atoms with Crippen molar-refractivity contribution in [3.63, 3.8) is 0 Å². The Balaban J connectivity index is 1.52. The van der Waals surface area contributed by atoms with E-state index in [9.17, 15) is 4.79 Å². The number of aryl methyl sites for hydroxylation is 2. The van der Waals surface area contributed by atoms with Crippen LogP contribution in [0.5, 0.6) is 0 Å². The van der Waals surface area contributed by atoms with E-state index in [1.165, 1.54) is 4.88 Å². The highest BCUT2D eigenvalue weighted by molar-refractivity contribution is 7.11. The Bertz CT molecular complexity index is 922. The monoisotopic (exact) mass is 383 g/mol. The van der Waals surface area contributed by atoms with Gasteiger partial charge in [-0.05, 0) is 36.6 Å². The second kappa shape index (κ2) is 8.00. The standard InChI is InChI=1S/C20H25N5OS/c1-20(2,3)17-10-14(24-25-17)9-15(26)11-19-23-12-16(27-19)5-4-13-6-7-22-18(21)8-13/h6-8,10,12H,4-5,9,11H2,1-3H3,(H2,21,22)(H,24,25). The smallest absolute Gasteiger partial charge is 0.145 e. The van der Waals surface area contributed by atoms with Gasteiger partial charge in [0, 0.05) is 34.8 Å². The van der Waals surface area contributed by atoms with Crippen molar-refractivity contribution in [1.29, 1.82) is 0 Å². The van der Waals surface area contributed by atoms with Gasteiger partial charge < -0.3 is 5.73 Å². The second-order valence-corrected chi connectivity index (χ2v) is 8.93. The van der Waals surface area contributed by atoms with Crippen molar-refractivity contribution in [1.82, 2.24) is 20.2 Å². The molecule has 0 amide bonds. The SMILES string of the molecule is CC(C)(C)c1cc(CC(=O)Cc2ncc(CCc3ccnc(N)c3)s2)[nH]n1. The molecule has 0 aliphatic rings. The molecule has 0 aliphatic carbocycles. The van der Waals surface area contributed by atoms with E-state index in [-0.39, 0.29) is 11.2 Å². The van der Waals surface area contributed by atoms with Crippen LogP contribution in [0.2, 0.25) is 0 Å². The van der Waals surface area contributed by atoms with E-state index >= 15 is 0 Å². The molecule has 27 heavy (non-hydrogen) atoms. The van der Waals surface area contributed by atoms with Gasteiger partial charge in [-0.3, -0.25) is 9.89 Å². The summed E-state index contributed by atoms with van der Waals surface area (Å²) >= 11 is 1.60. The molecule has 0 spiro atoms. The van der Waals surface area contributed by atoms with Crippen LogP contribution in [0.1, 0.15) is 47.6 Å². The first-order valence-electron chi connectivity index (χ1n) is 9.00. The van der Waals surface area contributed by atoms with Crippen LogP contribution in [0.4, 0.5) is 5.82 Å². The first-order valence-corrected chi connectivity index (χ1v) is 9.82. The number of H-pyrrole nitrogens is 1. The average Bonchev–Trinajstić information content (AvgIpc) is 3.22. The number of nitrogens with two attached hydrogens (primary N) is 1. The number of nitrogens with zero attached hydrogens (tertiary/aromatic N) is 3. The molecule has 0 atom stereocenters. The molecule has 3 rings (SSSR count). The summed E-state index contributed by atoms with van der Waals surface area (Å²) in [6, 6.07) is 5.84. The van der Waals surface area contributed by atoms with E-state index in [1.54, 1.807) is 17.5 Å². The number of anilines is 1. The Morgan fingerprint density at radius 1 is 1.19 bits per heavy atom. The second-order valence-electron chi connectivity index (χ2n) is 7.73. The summed E-state index contributed by atoms with van der Waals surface area (Å²) in [5.41, 5.74) is 8.67. The van der Waals surface area contributed by atoms with Gasteiger partial charge in [-0.1, -0.05) is 20.8 Å². The van der Waals surface area contributed by atoms with Crippen LogP contribution in [-0.2, 0) is 35.9 Å². The van der Waals surface area contributed by atoms with E-state index in [0.29, 0.717) is 18.7 Å². The normalized spacial score (nSPS) is 11.7. The van der Waals surface area contributed by atoms with Crippen LogP contribution < -0.4 is 5.73 Å². The number of Topliss-reactive ketones (excluding diaryl/α,β-unsaturated/α-hetero) is 1. The molecule has 7 heteroatoms. The number of ketones is 1. The van der Waals surface area contributed by atoms with Crippen molar-refractivity contribution >= 4 is 22.9 Å². The Hall–Kier alpha value is -2.54. The van der Waals surface area contributed by atoms with Crippen molar-refractivity contribution in [2.45, 2.75) is 51.9 Å². The summed E-state index contributed by atoms with van der Waals surface area (Å²) in [4.78, 5) is 21.9. The number of hydrogen-bond acceptors (Lipinski definition) is 6. The number of hydrogen-bond donors (Lipinski definition) is 2. The van der Waals surface area contributed by atoms with Crippen LogP contribution in [0.25, 0.3) is 0 Å². The topological polar surface area (TPSA) is 97.5 Å². The molecule has 0 fully saturated rings. The predicted molar refractivity (Wildman–Crippen MR) is 108 cm³/mol. The molecule has 142 valence electrons. The Labute approximate surface area is 163 Å². The Morgan fingerprint density at radius 3 is 2.70 bits per heavy atom. The van der Waals surface area contributed by atoms with Crippen molar-refractivity contribution in [2.75, 3.05) is 5.73 Å². The number of nitrogens with one attached hydrogen (secondary N) is 1. The molecule has 0 radical (unpaired) electrons. The Kier molecular flexibility index (Phi) is 5.70. The van der Waals surface area contributed by atoms with Crippen LogP contribution in [0.15, 0.2) is 30.6 Å². The minimum Gasteiger partial charge on any atom is -0.384 e. The molecule has 6 nitrogen and oxygen atoms in total. The van der Waals surface area contributed by atoms with Gasteiger partial charge in [0.25, 0.3) is 0 Å². The summed E-state index contributed by atoms with van der Waals surface area (Å²) in [5.74, 6) is 0.679. The first-order chi connectivity index (χ1) is 12.8. The van der Waals surface area contributed by atoms with Gasteiger partial charge >= 0.3 is 0 Å². The molecule has 3 aromatic rings. The van der Waals surface area contributed by atoms with Crippen LogP contribution in [-0.4, -0.2) is 25.9 Å². The van der Waals surface area contributed by atoms with Crippen molar-refractivity contribution < 1.29 is 4.79 Å². The lowest BCUT2D eigenvalue weighted by Crippen LogP contribution is -2.11. The lowest BCUT2D eigenvalue weighted by atomic mass is 9.92. The number of nitrogen functional groups attached to an aromatic ring is 1. The minimum absolute atomic E-state index is 0.0263. The third-order valence-corrected chi connectivity index (χ3v) is 5.30. The quantitative estimate of drug-likeness (QED) is 0.652. The van der Waals surface area contributed by atoms with Crippen molar-refractivity contribution in [3.8, 4) is 0 Å². The fraction of sp³-hybridized carbons (Fsp3) is 0.400. The highest BCUT2D eigenvalue weighted by atomic mass is 32.1. The van der Waals surface area contributed by atoms with Gasteiger partial charge in [-0.2, -0.15) is 5.10 Å². The van der Waals surface area contributed by atoms with Crippen molar-refractivity contribution in [2.24, 2.45) is 0 Å². The molecule has 0 saturated carbocycles. The summed E-state index contributed by atoms with van der Waals surface area (Å²) in [6.45, 7) is 6.31. The predicted octanol–water partition coefficient (Wildman–Crippen LogP) is 3.28. The minimum atomic E-state index is -0.0263. The lowest BCUT2D eigenvalue weighted by molar-refractivity contribution is -0.117. The summed E-state index contributed by atoms with van der Waals surface area (Å²) in [5, 5.41) is 8.14. The molecular weight excluding hydrogens is 358 g/mol. The third kappa shape index (κ3) is 5.47. The lowest BCUT2D eigenvalue weighted by Gasteiger charge is -2.13. The maximum absolute atomic E-state index is 12.4. The van der Waals surface area contributed by atoms with E-state index in [2.05, 4.69) is 40.9 Å². The Morgan fingerprint density at radius 2 is 2.00 bits per heavy atom. The maximum Gasteiger partial charge on any atom is 0.145 e. The zero-order chi connectivity index (χ0) is 19.4. The molecule has 0 aromatic carbocycles. The molecule has 0 saturated heterocycles. The molecular formula is C20H25N5OS. The van der Waals surface area contributed by atoms with E-state index < -0.39 is 0 Å². The number of thiazole rings is 1. The first kappa shape index (κ1) is 19.2. The highest BCUT2D eigenvalue weighted by Gasteiger charge is 2.18. The van der Waals surface area contributed by atoms with Crippen LogP contribution in [0, 0.1) is 0 Å². The van der Waals surface area contributed by atoms with Crippen LogP contribution in [0.3, 0.4) is 0 Å². The number of aromatic amines is 1. The zero-order valence-electron chi connectivity index (χ0n) is 16.0. The number of carbonyl (C=O) groups excluding carboxylic acids is 1. The van der Waals surface area contributed by atoms with Gasteiger partial charge in [0.15, 0.2) is 0 Å². The fourth-order valence-corrected chi connectivity index (χ4v) is 3.69. The molecule has 3 N–H and O–H groups in total. The molecule has 0 unspecified atom stereocenters. The zero-order valence-corrected chi connectivity index (χ0v) is 16.8. The largest absolute Gasteiger partial charge is 0.384 e. The van der Waals surface area contributed by atoms with Gasteiger partial charge in [0.2, 0.25) is 0 Å². The molecule has 3 aromatic heterocycles. The average molecular weight is 384 g/mol. The van der Waals surface area contributed by atoms with E-state index in [1.807, 2.05) is 24.4 Å². The van der Waals surface area contributed by atoms with Crippen molar-refractivity contribution in [3.05, 3.63) is 57.4 Å². The number of carbonyl (C=O) groups is 1. The highest BCUT2D eigenvalue weighted by Crippen LogP contribution is 2.21.